The molecule has 4 aromatic rings. The number of anilines is 1. The number of aldehydes is 1. The molecule has 0 bridgehead atoms. The zero-order valence-corrected chi connectivity index (χ0v) is 14.5. The summed E-state index contributed by atoms with van der Waals surface area (Å²) >= 11 is 0. The number of hydrogen-bond acceptors (Lipinski definition) is 4. The van der Waals surface area contributed by atoms with Crippen LogP contribution >= 0.6 is 0 Å². The molecule has 0 amide bonds. The van der Waals surface area contributed by atoms with Crippen LogP contribution in [0.5, 0.6) is 0 Å². The Bertz CT molecular complexity index is 1130. The van der Waals surface area contributed by atoms with Crippen molar-refractivity contribution in [2.24, 2.45) is 0 Å². The molecule has 1 unspecified atom stereocenters. The molecule has 0 saturated carbocycles. The molecule has 0 saturated heterocycles. The van der Waals surface area contributed by atoms with Gasteiger partial charge in [0.15, 0.2) is 0 Å². The van der Waals surface area contributed by atoms with E-state index in [1.807, 2.05) is 60.8 Å². The maximum Gasteiger partial charge on any atom is 0.267 e. The lowest BCUT2D eigenvalue weighted by Crippen LogP contribution is -2.32. The first-order valence-corrected chi connectivity index (χ1v) is 8.66. The van der Waals surface area contributed by atoms with Crippen LogP contribution in [0.3, 0.4) is 0 Å². The summed E-state index contributed by atoms with van der Waals surface area (Å²) in [6.45, 7) is 0.268. The number of H-pyrrole nitrogens is 1. The lowest BCUT2D eigenvalue weighted by Gasteiger charge is -2.15. The predicted octanol–water partition coefficient (Wildman–Crippen LogP) is 3.24. The average molecular weight is 358 g/mol. The van der Waals surface area contributed by atoms with Crippen molar-refractivity contribution >= 4 is 22.9 Å². The van der Waals surface area contributed by atoms with Crippen LogP contribution in [0.2, 0.25) is 0 Å². The van der Waals surface area contributed by atoms with Crippen molar-refractivity contribution in [3.05, 3.63) is 83.3 Å². The number of aromatic nitrogens is 3. The molecule has 2 heterocycles. The monoisotopic (exact) mass is 358 g/mol. The zero-order chi connectivity index (χ0) is 18.6. The third kappa shape index (κ3) is 3.50. The quantitative estimate of drug-likeness (QED) is 0.519. The van der Waals surface area contributed by atoms with Gasteiger partial charge in [0, 0.05) is 41.0 Å². The first-order valence-electron chi connectivity index (χ1n) is 8.66. The Labute approximate surface area is 155 Å². The number of benzene rings is 2. The number of hydrogen-bond donors (Lipinski definition) is 2. The third-order valence-corrected chi connectivity index (χ3v) is 4.43. The van der Waals surface area contributed by atoms with Gasteiger partial charge in [0.25, 0.3) is 5.56 Å². The van der Waals surface area contributed by atoms with E-state index in [-0.39, 0.29) is 12.1 Å². The summed E-state index contributed by atoms with van der Waals surface area (Å²) < 4.78 is 1.23. The second-order valence-corrected chi connectivity index (χ2v) is 6.23. The number of carbonyl (C=O) groups excluding carboxylic acids is 1. The van der Waals surface area contributed by atoms with E-state index in [9.17, 15) is 9.59 Å². The molecule has 2 aromatic carbocycles. The van der Waals surface area contributed by atoms with Crippen molar-refractivity contribution in [2.75, 3.05) is 11.9 Å². The number of rotatable bonds is 6. The minimum Gasteiger partial charge on any atom is -0.382 e. The number of aromatic amines is 1. The zero-order valence-electron chi connectivity index (χ0n) is 14.5. The van der Waals surface area contributed by atoms with Gasteiger partial charge in [-0.2, -0.15) is 5.10 Å². The van der Waals surface area contributed by atoms with Crippen LogP contribution in [0.4, 0.5) is 5.69 Å². The summed E-state index contributed by atoms with van der Waals surface area (Å²) in [7, 11) is 0. The largest absolute Gasteiger partial charge is 0.382 e. The van der Waals surface area contributed by atoms with E-state index in [0.717, 1.165) is 28.4 Å². The molecule has 1 atom stereocenters. The van der Waals surface area contributed by atoms with Gasteiger partial charge in [0.2, 0.25) is 0 Å². The molecule has 134 valence electrons. The highest BCUT2D eigenvalue weighted by atomic mass is 16.1. The molecule has 6 heteroatoms. The molecule has 2 N–H and O–H groups in total. The summed E-state index contributed by atoms with van der Waals surface area (Å²) in [5.41, 5.74) is 3.15. The number of carbonyl (C=O) groups is 1. The molecule has 0 radical (unpaired) electrons. The molecule has 0 aliphatic carbocycles. The smallest absolute Gasteiger partial charge is 0.267 e. The Morgan fingerprint density at radius 2 is 1.93 bits per heavy atom. The van der Waals surface area contributed by atoms with Gasteiger partial charge in [0.1, 0.15) is 12.3 Å². The Balaban J connectivity index is 1.58. The van der Waals surface area contributed by atoms with Gasteiger partial charge in [-0.3, -0.25) is 4.79 Å². The van der Waals surface area contributed by atoms with Crippen molar-refractivity contribution in [3.63, 3.8) is 0 Å². The van der Waals surface area contributed by atoms with Gasteiger partial charge in [-0.15, -0.1) is 0 Å². The maximum atomic E-state index is 12.3. The molecule has 0 aliphatic heterocycles. The highest BCUT2D eigenvalue weighted by Crippen LogP contribution is 2.19. The van der Waals surface area contributed by atoms with Crippen LogP contribution in [-0.2, 0) is 4.79 Å². The first kappa shape index (κ1) is 16.8. The van der Waals surface area contributed by atoms with Crippen molar-refractivity contribution < 1.29 is 4.79 Å². The average Bonchev–Trinajstić information content (AvgIpc) is 3.18. The van der Waals surface area contributed by atoms with E-state index in [0.29, 0.717) is 5.69 Å². The van der Waals surface area contributed by atoms with E-state index < -0.39 is 6.04 Å². The van der Waals surface area contributed by atoms with Gasteiger partial charge in [-0.1, -0.05) is 30.3 Å². The van der Waals surface area contributed by atoms with Crippen molar-refractivity contribution in [2.45, 2.75) is 6.04 Å². The SMILES string of the molecule is O=CC(CNc1ccc2[nH]ccc2c1)n1nc(-c2ccccc2)ccc1=O. The van der Waals surface area contributed by atoms with Gasteiger partial charge in [-0.25, -0.2) is 4.68 Å². The van der Waals surface area contributed by atoms with E-state index in [2.05, 4.69) is 15.4 Å². The van der Waals surface area contributed by atoms with Crippen LogP contribution in [0, 0.1) is 0 Å². The summed E-state index contributed by atoms with van der Waals surface area (Å²) in [6.07, 6.45) is 2.62. The van der Waals surface area contributed by atoms with Gasteiger partial charge in [0.05, 0.1) is 5.69 Å². The van der Waals surface area contributed by atoms with E-state index in [4.69, 9.17) is 0 Å². The lowest BCUT2D eigenvalue weighted by molar-refractivity contribution is -0.110. The summed E-state index contributed by atoms with van der Waals surface area (Å²) in [5, 5.41) is 8.69. The summed E-state index contributed by atoms with van der Waals surface area (Å²) in [6, 6.07) is 19.8. The summed E-state index contributed by atoms with van der Waals surface area (Å²) in [5.74, 6) is 0. The van der Waals surface area contributed by atoms with Crippen molar-refractivity contribution in [3.8, 4) is 11.3 Å². The van der Waals surface area contributed by atoms with Crippen LogP contribution in [0.1, 0.15) is 6.04 Å². The fourth-order valence-corrected chi connectivity index (χ4v) is 3.00. The second-order valence-electron chi connectivity index (χ2n) is 6.23. The standard InChI is InChI=1S/C21H18N4O2/c26-14-18(13-23-17-6-7-19-16(12-17)10-11-22-19)25-21(27)9-8-20(24-25)15-4-2-1-3-5-15/h1-12,14,18,22-23H,13H2. The van der Waals surface area contributed by atoms with Crippen LogP contribution in [0.25, 0.3) is 22.2 Å². The summed E-state index contributed by atoms with van der Waals surface area (Å²) in [4.78, 5) is 27.1. The molecule has 0 aliphatic rings. The van der Waals surface area contributed by atoms with E-state index in [1.165, 1.54) is 10.7 Å². The number of nitrogens with zero attached hydrogens (tertiary/aromatic N) is 2. The Hall–Kier alpha value is -3.67. The Morgan fingerprint density at radius 1 is 1.07 bits per heavy atom. The van der Waals surface area contributed by atoms with Crippen LogP contribution in [0.15, 0.2) is 77.7 Å². The van der Waals surface area contributed by atoms with Gasteiger partial charge >= 0.3 is 0 Å². The molecule has 2 aromatic heterocycles. The van der Waals surface area contributed by atoms with Gasteiger partial charge in [-0.05, 0) is 30.3 Å². The third-order valence-electron chi connectivity index (χ3n) is 4.43. The topological polar surface area (TPSA) is 79.8 Å². The molecular weight excluding hydrogens is 340 g/mol. The minimum atomic E-state index is -0.705. The molecule has 27 heavy (non-hydrogen) atoms. The van der Waals surface area contributed by atoms with Crippen molar-refractivity contribution in [1.82, 2.24) is 14.8 Å². The maximum absolute atomic E-state index is 12.3. The highest BCUT2D eigenvalue weighted by Gasteiger charge is 2.14. The number of fused-ring (bicyclic) bond motifs is 1. The Morgan fingerprint density at radius 3 is 2.74 bits per heavy atom. The normalized spacial score (nSPS) is 12.0. The molecule has 0 spiro atoms. The van der Waals surface area contributed by atoms with Crippen molar-refractivity contribution in [1.29, 1.82) is 0 Å². The second kappa shape index (κ2) is 7.29. The highest BCUT2D eigenvalue weighted by molar-refractivity contribution is 5.83. The molecular formula is C21H18N4O2. The van der Waals surface area contributed by atoms with Crippen LogP contribution in [-0.4, -0.2) is 27.6 Å². The Kier molecular flexibility index (Phi) is 4.53. The van der Waals surface area contributed by atoms with Gasteiger partial charge < -0.3 is 15.1 Å². The first-order chi connectivity index (χ1) is 13.2. The predicted molar refractivity (Wildman–Crippen MR) is 106 cm³/mol. The molecule has 6 nitrogen and oxygen atoms in total. The van der Waals surface area contributed by atoms with E-state index >= 15 is 0 Å². The fraction of sp³-hybridized carbons (Fsp3) is 0.0952. The fourth-order valence-electron chi connectivity index (χ4n) is 3.00. The lowest BCUT2D eigenvalue weighted by atomic mass is 10.1. The van der Waals surface area contributed by atoms with E-state index in [1.54, 1.807) is 6.07 Å². The minimum absolute atomic E-state index is 0.268. The molecule has 0 fully saturated rings. The van der Waals surface area contributed by atoms with Crippen LogP contribution < -0.4 is 10.9 Å². The number of nitrogens with one attached hydrogen (secondary N) is 2. The molecule has 4 rings (SSSR count).